The highest BCUT2D eigenvalue weighted by Crippen LogP contribution is 2.22. The Morgan fingerprint density at radius 2 is 2.38 bits per heavy atom. The van der Waals surface area contributed by atoms with E-state index < -0.39 is 4.92 Å². The fourth-order valence-electron chi connectivity index (χ4n) is 1.51. The minimum atomic E-state index is -0.528. The monoisotopic (exact) mass is 219 g/mol. The minimum Gasteiger partial charge on any atom is -0.345 e. The average Bonchev–Trinajstić information content (AvgIpc) is 2.70. The highest BCUT2D eigenvalue weighted by atomic mass is 16.6. The highest BCUT2D eigenvalue weighted by Gasteiger charge is 2.14. The van der Waals surface area contributed by atoms with Gasteiger partial charge in [0.2, 0.25) is 0 Å². The first kappa shape index (κ1) is 10.3. The molecule has 0 unspecified atom stereocenters. The van der Waals surface area contributed by atoms with Crippen molar-refractivity contribution >= 4 is 22.5 Å². The van der Waals surface area contributed by atoms with Crippen LogP contribution < -0.4 is 0 Å². The van der Waals surface area contributed by atoms with E-state index in [1.165, 1.54) is 18.5 Å². The van der Waals surface area contributed by atoms with E-state index in [1.54, 1.807) is 6.92 Å². The molecule has 0 radical (unpaired) electrons. The standard InChI is InChI=1S/C10H9N3O3/c1-2-9(14)8-5-12-10-7(8)3-6(4-11-10)13(15)16/h3-5H,2H2,1H3,(H,11,12). The molecule has 82 valence electrons. The van der Waals surface area contributed by atoms with Gasteiger partial charge in [0.1, 0.15) is 11.8 Å². The van der Waals surface area contributed by atoms with Crippen LogP contribution in [0.3, 0.4) is 0 Å². The predicted octanol–water partition coefficient (Wildman–Crippen LogP) is 2.06. The lowest BCUT2D eigenvalue weighted by Crippen LogP contribution is -1.95. The smallest absolute Gasteiger partial charge is 0.288 e. The summed E-state index contributed by atoms with van der Waals surface area (Å²) in [6.45, 7) is 1.74. The van der Waals surface area contributed by atoms with Crippen LogP contribution in [0.4, 0.5) is 5.69 Å². The number of H-pyrrole nitrogens is 1. The molecule has 0 aliphatic heterocycles. The predicted molar refractivity (Wildman–Crippen MR) is 57.4 cm³/mol. The summed E-state index contributed by atoms with van der Waals surface area (Å²) in [5.74, 6) is -0.0615. The number of nitro groups is 1. The van der Waals surface area contributed by atoms with Gasteiger partial charge in [0.25, 0.3) is 5.69 Å². The Balaban J connectivity index is 2.64. The van der Waals surface area contributed by atoms with Crippen LogP contribution in [0.2, 0.25) is 0 Å². The molecular weight excluding hydrogens is 210 g/mol. The second-order valence-electron chi connectivity index (χ2n) is 3.33. The number of carbonyl (C=O) groups is 1. The third-order valence-electron chi connectivity index (χ3n) is 2.35. The van der Waals surface area contributed by atoms with Gasteiger partial charge in [-0.2, -0.15) is 0 Å². The van der Waals surface area contributed by atoms with E-state index in [9.17, 15) is 14.9 Å². The molecule has 0 saturated carbocycles. The Bertz CT molecular complexity index is 574. The number of pyridine rings is 1. The van der Waals surface area contributed by atoms with E-state index in [-0.39, 0.29) is 11.5 Å². The molecule has 2 aromatic heterocycles. The molecule has 0 fully saturated rings. The molecule has 2 aromatic rings. The van der Waals surface area contributed by atoms with Gasteiger partial charge < -0.3 is 4.98 Å². The molecule has 2 rings (SSSR count). The molecular formula is C10H9N3O3. The van der Waals surface area contributed by atoms with Gasteiger partial charge in [0, 0.05) is 29.6 Å². The maximum absolute atomic E-state index is 11.6. The van der Waals surface area contributed by atoms with Gasteiger partial charge in [-0.3, -0.25) is 14.9 Å². The normalized spacial score (nSPS) is 10.6. The Hall–Kier alpha value is -2.24. The zero-order chi connectivity index (χ0) is 11.7. The fraction of sp³-hybridized carbons (Fsp3) is 0.200. The van der Waals surface area contributed by atoms with Crippen LogP contribution >= 0.6 is 0 Å². The lowest BCUT2D eigenvalue weighted by atomic mass is 10.1. The van der Waals surface area contributed by atoms with E-state index in [4.69, 9.17) is 0 Å². The van der Waals surface area contributed by atoms with E-state index in [1.807, 2.05) is 0 Å². The number of carbonyl (C=O) groups excluding carboxylic acids is 1. The van der Waals surface area contributed by atoms with Crippen LogP contribution in [-0.2, 0) is 0 Å². The minimum absolute atomic E-state index is 0.0615. The summed E-state index contributed by atoms with van der Waals surface area (Å²) in [5, 5.41) is 11.1. The summed E-state index contributed by atoms with van der Waals surface area (Å²) >= 11 is 0. The maximum atomic E-state index is 11.6. The van der Waals surface area contributed by atoms with Gasteiger partial charge in [-0.15, -0.1) is 0 Å². The Morgan fingerprint density at radius 1 is 1.62 bits per heavy atom. The Kier molecular flexibility index (Phi) is 2.40. The Labute approximate surface area is 90.5 Å². The van der Waals surface area contributed by atoms with Gasteiger partial charge in [-0.05, 0) is 0 Å². The van der Waals surface area contributed by atoms with E-state index in [2.05, 4.69) is 9.97 Å². The molecule has 0 spiro atoms. The van der Waals surface area contributed by atoms with Crippen molar-refractivity contribution in [2.75, 3.05) is 0 Å². The number of ketones is 1. The molecule has 0 aliphatic carbocycles. The number of Topliss-reactive ketones (excluding diaryl/α,β-unsaturated/α-hetero) is 1. The number of aromatic nitrogens is 2. The molecule has 6 heteroatoms. The fourth-order valence-corrected chi connectivity index (χ4v) is 1.51. The Morgan fingerprint density at radius 3 is 3.00 bits per heavy atom. The van der Waals surface area contributed by atoms with Crippen molar-refractivity contribution in [3.05, 3.63) is 34.1 Å². The van der Waals surface area contributed by atoms with Crippen LogP contribution in [-0.4, -0.2) is 20.7 Å². The summed E-state index contributed by atoms with van der Waals surface area (Å²) < 4.78 is 0. The summed E-state index contributed by atoms with van der Waals surface area (Å²) in [6, 6.07) is 1.36. The zero-order valence-corrected chi connectivity index (χ0v) is 8.56. The lowest BCUT2D eigenvalue weighted by Gasteiger charge is -1.95. The topological polar surface area (TPSA) is 88.9 Å². The number of rotatable bonds is 3. The lowest BCUT2D eigenvalue weighted by molar-refractivity contribution is -0.385. The maximum Gasteiger partial charge on any atom is 0.288 e. The summed E-state index contributed by atoms with van der Waals surface area (Å²) in [4.78, 5) is 28.3. The molecule has 6 nitrogen and oxygen atoms in total. The second kappa shape index (κ2) is 3.73. The first-order valence-electron chi connectivity index (χ1n) is 4.78. The summed E-state index contributed by atoms with van der Waals surface area (Å²) in [7, 11) is 0. The van der Waals surface area contributed by atoms with E-state index in [0.29, 0.717) is 23.0 Å². The summed E-state index contributed by atoms with van der Waals surface area (Å²) in [6.07, 6.45) is 3.06. The van der Waals surface area contributed by atoms with Gasteiger partial charge in [0.05, 0.1) is 4.92 Å². The van der Waals surface area contributed by atoms with Crippen LogP contribution in [0.15, 0.2) is 18.5 Å². The molecule has 0 bridgehead atoms. The zero-order valence-electron chi connectivity index (χ0n) is 8.56. The third kappa shape index (κ3) is 1.54. The molecule has 0 saturated heterocycles. The van der Waals surface area contributed by atoms with Crippen molar-refractivity contribution < 1.29 is 9.72 Å². The van der Waals surface area contributed by atoms with Crippen molar-refractivity contribution in [2.24, 2.45) is 0 Å². The molecule has 16 heavy (non-hydrogen) atoms. The largest absolute Gasteiger partial charge is 0.345 e. The van der Waals surface area contributed by atoms with Crippen LogP contribution in [0.1, 0.15) is 23.7 Å². The number of nitrogens with one attached hydrogen (secondary N) is 1. The van der Waals surface area contributed by atoms with Crippen molar-refractivity contribution in [1.82, 2.24) is 9.97 Å². The number of hydrogen-bond donors (Lipinski definition) is 1. The third-order valence-corrected chi connectivity index (χ3v) is 2.35. The molecule has 0 aliphatic rings. The summed E-state index contributed by atoms with van der Waals surface area (Å²) in [5.41, 5.74) is 0.827. The first-order valence-corrected chi connectivity index (χ1v) is 4.78. The molecule has 0 aromatic carbocycles. The van der Waals surface area contributed by atoms with Crippen molar-refractivity contribution in [3.63, 3.8) is 0 Å². The van der Waals surface area contributed by atoms with Gasteiger partial charge in [-0.25, -0.2) is 4.98 Å². The molecule has 0 atom stereocenters. The van der Waals surface area contributed by atoms with Crippen molar-refractivity contribution in [2.45, 2.75) is 13.3 Å². The SMILES string of the molecule is CCC(=O)c1c[nH]c2ncc([N+](=O)[O-])cc12. The average molecular weight is 219 g/mol. The van der Waals surface area contributed by atoms with Crippen LogP contribution in [0, 0.1) is 10.1 Å². The molecule has 0 amide bonds. The van der Waals surface area contributed by atoms with E-state index >= 15 is 0 Å². The van der Waals surface area contributed by atoms with Crippen molar-refractivity contribution in [3.8, 4) is 0 Å². The quantitative estimate of drug-likeness (QED) is 0.486. The van der Waals surface area contributed by atoms with Gasteiger partial charge >= 0.3 is 0 Å². The van der Waals surface area contributed by atoms with Gasteiger partial charge in [0.15, 0.2) is 5.78 Å². The number of fused-ring (bicyclic) bond motifs is 1. The number of aromatic amines is 1. The molecule has 2 heterocycles. The second-order valence-corrected chi connectivity index (χ2v) is 3.33. The van der Waals surface area contributed by atoms with E-state index in [0.717, 1.165) is 0 Å². The van der Waals surface area contributed by atoms with Crippen LogP contribution in [0.5, 0.6) is 0 Å². The molecule has 1 N–H and O–H groups in total. The number of nitrogens with zero attached hydrogens (tertiary/aromatic N) is 2. The number of hydrogen-bond acceptors (Lipinski definition) is 4. The van der Waals surface area contributed by atoms with Crippen LogP contribution in [0.25, 0.3) is 11.0 Å². The van der Waals surface area contributed by atoms with Crippen molar-refractivity contribution in [1.29, 1.82) is 0 Å². The van der Waals surface area contributed by atoms with Gasteiger partial charge in [-0.1, -0.05) is 6.92 Å². The highest BCUT2D eigenvalue weighted by molar-refractivity contribution is 6.07. The first-order chi connectivity index (χ1) is 7.63.